The maximum absolute atomic E-state index is 10.9. The summed E-state index contributed by atoms with van der Waals surface area (Å²) in [7, 11) is -1.63. The first-order chi connectivity index (χ1) is 9.61. The first kappa shape index (κ1) is 17.5. The van der Waals surface area contributed by atoms with Crippen molar-refractivity contribution in [3.63, 3.8) is 0 Å². The molecule has 2 saturated heterocycles. The molecule has 2 fully saturated rings. The maximum atomic E-state index is 10.9. The van der Waals surface area contributed by atoms with E-state index in [1.807, 2.05) is 0 Å². The van der Waals surface area contributed by atoms with Gasteiger partial charge in [0.2, 0.25) is 0 Å². The lowest BCUT2D eigenvalue weighted by atomic mass is 9.75. The van der Waals surface area contributed by atoms with Crippen molar-refractivity contribution in [1.29, 1.82) is 0 Å². The normalized spacial score (nSPS) is 34.0. The summed E-state index contributed by atoms with van der Waals surface area (Å²) in [5, 5.41) is 14.8. The van der Waals surface area contributed by atoms with Gasteiger partial charge in [-0.15, -0.1) is 0 Å². The van der Waals surface area contributed by atoms with Crippen LogP contribution in [-0.2, 0) is 4.43 Å². The predicted molar refractivity (Wildman–Crippen MR) is 91.1 cm³/mol. The fraction of sp³-hybridized carbons (Fsp3) is 1.00. The molecule has 0 aromatic carbocycles. The Bertz CT molecular complexity index is 339. The van der Waals surface area contributed by atoms with E-state index in [0.29, 0.717) is 12.1 Å². The van der Waals surface area contributed by atoms with Crippen LogP contribution in [0.15, 0.2) is 0 Å². The maximum Gasteiger partial charge on any atom is 0.191 e. The molecule has 2 bridgehead atoms. The molecule has 2 rings (SSSR count). The molecule has 3 nitrogen and oxygen atoms in total. The SMILES string of the molecule is CC(C)(C)[Si](C)(C)OCCCC1(O)CC2CCCC(C1)N2. The van der Waals surface area contributed by atoms with Crippen LogP contribution in [0.5, 0.6) is 0 Å². The second-order valence-electron chi connectivity index (χ2n) is 8.84. The molecule has 4 heteroatoms. The van der Waals surface area contributed by atoms with E-state index in [1.165, 1.54) is 19.3 Å². The lowest BCUT2D eigenvalue weighted by Crippen LogP contribution is -2.55. The van der Waals surface area contributed by atoms with E-state index in [-0.39, 0.29) is 5.04 Å². The van der Waals surface area contributed by atoms with Gasteiger partial charge in [0.25, 0.3) is 0 Å². The molecule has 0 saturated carbocycles. The van der Waals surface area contributed by atoms with Gasteiger partial charge < -0.3 is 14.8 Å². The van der Waals surface area contributed by atoms with Gasteiger partial charge in [0.1, 0.15) is 0 Å². The molecule has 0 aliphatic carbocycles. The molecule has 21 heavy (non-hydrogen) atoms. The van der Waals surface area contributed by atoms with Crippen LogP contribution in [-0.4, -0.2) is 37.7 Å². The standard InChI is InChI=1S/C17H35NO2Si/c1-16(2,3)21(4,5)20-11-7-10-17(19)12-14-8-6-9-15(13-17)18-14/h14-15,18-19H,6-13H2,1-5H3. The number of fused-ring (bicyclic) bond motifs is 2. The van der Waals surface area contributed by atoms with Gasteiger partial charge in [0.05, 0.1) is 5.60 Å². The van der Waals surface area contributed by atoms with Crippen LogP contribution in [0.1, 0.15) is 65.7 Å². The van der Waals surface area contributed by atoms with Crippen molar-refractivity contribution >= 4 is 8.32 Å². The predicted octanol–water partition coefficient (Wildman–Crippen LogP) is 3.82. The molecule has 0 aromatic heterocycles. The molecule has 2 N–H and O–H groups in total. The van der Waals surface area contributed by atoms with Gasteiger partial charge in [0, 0.05) is 18.7 Å². The molecule has 0 amide bonds. The highest BCUT2D eigenvalue weighted by atomic mass is 28.4. The van der Waals surface area contributed by atoms with Crippen molar-refractivity contribution in [2.45, 2.75) is 102 Å². The first-order valence-corrected chi connectivity index (χ1v) is 11.6. The van der Waals surface area contributed by atoms with Crippen molar-refractivity contribution in [2.75, 3.05) is 6.61 Å². The molecule has 2 unspecified atom stereocenters. The summed E-state index contributed by atoms with van der Waals surface area (Å²) >= 11 is 0. The van der Waals surface area contributed by atoms with E-state index in [1.54, 1.807) is 0 Å². The summed E-state index contributed by atoms with van der Waals surface area (Å²) in [6, 6.07) is 1.09. The van der Waals surface area contributed by atoms with E-state index < -0.39 is 13.9 Å². The van der Waals surface area contributed by atoms with E-state index >= 15 is 0 Å². The van der Waals surface area contributed by atoms with Crippen LogP contribution in [0.2, 0.25) is 18.1 Å². The topological polar surface area (TPSA) is 41.5 Å². The number of hydrogen-bond acceptors (Lipinski definition) is 3. The van der Waals surface area contributed by atoms with Crippen LogP contribution in [0.25, 0.3) is 0 Å². The molecule has 0 radical (unpaired) electrons. The second-order valence-corrected chi connectivity index (χ2v) is 13.6. The Morgan fingerprint density at radius 1 is 1.19 bits per heavy atom. The average Bonchev–Trinajstić information content (AvgIpc) is 2.32. The van der Waals surface area contributed by atoms with Crippen LogP contribution in [0, 0.1) is 0 Å². The summed E-state index contributed by atoms with van der Waals surface area (Å²) in [4.78, 5) is 0. The first-order valence-electron chi connectivity index (χ1n) is 8.74. The zero-order valence-electron chi connectivity index (χ0n) is 14.7. The van der Waals surface area contributed by atoms with E-state index in [2.05, 4.69) is 39.2 Å². The molecule has 2 aliphatic heterocycles. The molecule has 0 spiro atoms. The third-order valence-electron chi connectivity index (χ3n) is 5.88. The molecule has 0 aromatic rings. The molecule has 2 heterocycles. The smallest absolute Gasteiger partial charge is 0.191 e. The molecule has 2 aliphatic rings. The van der Waals surface area contributed by atoms with E-state index in [0.717, 1.165) is 32.3 Å². The Labute approximate surface area is 132 Å². The number of nitrogens with one attached hydrogen (secondary N) is 1. The van der Waals surface area contributed by atoms with Gasteiger partial charge in [-0.05, 0) is 56.7 Å². The second kappa shape index (κ2) is 6.30. The van der Waals surface area contributed by atoms with Gasteiger partial charge in [-0.3, -0.25) is 0 Å². The van der Waals surface area contributed by atoms with Crippen molar-refractivity contribution in [1.82, 2.24) is 5.32 Å². The quantitative estimate of drug-likeness (QED) is 0.599. The van der Waals surface area contributed by atoms with Gasteiger partial charge in [-0.1, -0.05) is 27.2 Å². The van der Waals surface area contributed by atoms with Crippen molar-refractivity contribution < 1.29 is 9.53 Å². The summed E-state index contributed by atoms with van der Waals surface area (Å²) in [6.07, 6.45) is 7.55. The Hall–Kier alpha value is 0.0969. The summed E-state index contributed by atoms with van der Waals surface area (Å²) in [5.41, 5.74) is -0.447. The number of rotatable bonds is 5. The third-order valence-corrected chi connectivity index (χ3v) is 10.4. The van der Waals surface area contributed by atoms with E-state index in [4.69, 9.17) is 4.43 Å². The van der Waals surface area contributed by atoms with Gasteiger partial charge in [-0.25, -0.2) is 0 Å². The minimum Gasteiger partial charge on any atom is -0.417 e. The van der Waals surface area contributed by atoms with Crippen LogP contribution in [0.3, 0.4) is 0 Å². The average molecular weight is 314 g/mol. The zero-order chi connectivity index (χ0) is 15.7. The highest BCUT2D eigenvalue weighted by Gasteiger charge is 2.40. The summed E-state index contributed by atoms with van der Waals surface area (Å²) in [6.45, 7) is 12.2. The lowest BCUT2D eigenvalue weighted by Gasteiger charge is -2.45. The van der Waals surface area contributed by atoms with Crippen molar-refractivity contribution in [3.05, 3.63) is 0 Å². The van der Waals surface area contributed by atoms with Gasteiger partial charge in [0.15, 0.2) is 8.32 Å². The molecule has 124 valence electrons. The Balaban J connectivity index is 1.76. The lowest BCUT2D eigenvalue weighted by molar-refractivity contribution is -0.0404. The van der Waals surface area contributed by atoms with E-state index in [9.17, 15) is 5.11 Å². The van der Waals surface area contributed by atoms with Crippen molar-refractivity contribution in [2.24, 2.45) is 0 Å². The highest BCUT2D eigenvalue weighted by molar-refractivity contribution is 6.74. The number of aliphatic hydroxyl groups is 1. The summed E-state index contributed by atoms with van der Waals surface area (Å²) < 4.78 is 6.24. The molecular weight excluding hydrogens is 278 g/mol. The van der Waals surface area contributed by atoms with Crippen LogP contribution >= 0.6 is 0 Å². The molecule has 2 atom stereocenters. The Kier molecular flexibility index (Phi) is 5.24. The fourth-order valence-corrected chi connectivity index (χ4v) is 4.67. The van der Waals surface area contributed by atoms with Gasteiger partial charge >= 0.3 is 0 Å². The monoisotopic (exact) mass is 313 g/mol. The highest BCUT2D eigenvalue weighted by Crippen LogP contribution is 2.38. The van der Waals surface area contributed by atoms with Crippen molar-refractivity contribution in [3.8, 4) is 0 Å². The van der Waals surface area contributed by atoms with Gasteiger partial charge in [-0.2, -0.15) is 0 Å². The zero-order valence-corrected chi connectivity index (χ0v) is 15.7. The Morgan fingerprint density at radius 3 is 2.29 bits per heavy atom. The fourth-order valence-electron chi connectivity index (χ4n) is 3.58. The largest absolute Gasteiger partial charge is 0.417 e. The number of hydrogen-bond donors (Lipinski definition) is 2. The third kappa shape index (κ3) is 4.53. The minimum atomic E-state index is -1.63. The van der Waals surface area contributed by atoms with Crippen LogP contribution in [0.4, 0.5) is 0 Å². The number of piperidine rings is 2. The minimum absolute atomic E-state index is 0.273. The van der Waals surface area contributed by atoms with Crippen LogP contribution < -0.4 is 5.32 Å². The molecular formula is C17H35NO2Si. The Morgan fingerprint density at radius 2 is 1.76 bits per heavy atom. The summed E-state index contributed by atoms with van der Waals surface area (Å²) in [5.74, 6) is 0.